The molecule has 0 saturated carbocycles. The summed E-state index contributed by atoms with van der Waals surface area (Å²) in [5.74, 6) is 1.90. The van der Waals surface area contributed by atoms with E-state index in [1.54, 1.807) is 54.6 Å². The molecule has 0 fully saturated rings. The monoisotopic (exact) mass is 399 g/mol. The van der Waals surface area contributed by atoms with E-state index in [1.807, 2.05) is 0 Å². The van der Waals surface area contributed by atoms with Crippen molar-refractivity contribution in [3.05, 3.63) is 70.9 Å². The van der Waals surface area contributed by atoms with Gasteiger partial charge in [-0.1, -0.05) is 25.4 Å². The molecule has 2 aromatic carbocycles. The second kappa shape index (κ2) is 8.95. The van der Waals surface area contributed by atoms with Crippen molar-refractivity contribution in [3.8, 4) is 17.1 Å². The smallest absolute Gasteiger partial charge is 0.255 e. The average Bonchev–Trinajstić information content (AvgIpc) is 3.17. The molecule has 0 bridgehead atoms. The largest absolute Gasteiger partial charge is 0.493 e. The van der Waals surface area contributed by atoms with E-state index in [2.05, 4.69) is 19.2 Å². The molecule has 0 saturated heterocycles. The predicted molar refractivity (Wildman–Crippen MR) is 110 cm³/mol. The Morgan fingerprint density at radius 1 is 1.14 bits per heavy atom. The minimum Gasteiger partial charge on any atom is -0.493 e. The molecule has 6 heteroatoms. The molecule has 28 heavy (non-hydrogen) atoms. The molecule has 0 unspecified atom stereocenters. The Balaban J connectivity index is 1.72. The van der Waals surface area contributed by atoms with Gasteiger partial charge in [-0.05, 0) is 60.5 Å². The lowest BCUT2D eigenvalue weighted by atomic mass is 10.1. The first-order valence-electron chi connectivity index (χ1n) is 9.00. The van der Waals surface area contributed by atoms with Crippen LogP contribution in [0.25, 0.3) is 11.3 Å². The summed E-state index contributed by atoms with van der Waals surface area (Å²) < 4.78 is 11.2. The summed E-state index contributed by atoms with van der Waals surface area (Å²) in [5.41, 5.74) is 1.75. The zero-order chi connectivity index (χ0) is 20.1. The third-order valence-electron chi connectivity index (χ3n) is 4.01. The van der Waals surface area contributed by atoms with Crippen molar-refractivity contribution in [1.82, 2.24) is 0 Å². The lowest BCUT2D eigenvalue weighted by Gasteiger charge is -2.10. The lowest BCUT2D eigenvalue weighted by molar-refractivity contribution is 0.102. The molecule has 1 aromatic heterocycles. The zero-order valence-corrected chi connectivity index (χ0v) is 16.5. The minimum atomic E-state index is -0.237. The summed E-state index contributed by atoms with van der Waals surface area (Å²) in [7, 11) is 0. The fourth-order valence-corrected chi connectivity index (χ4v) is 2.78. The molecular formula is C22H22ClNO4. The maximum atomic E-state index is 12.5. The third kappa shape index (κ3) is 4.94. The van der Waals surface area contributed by atoms with E-state index in [9.17, 15) is 4.79 Å². The molecule has 1 heterocycles. The Labute approximate surface area is 168 Å². The van der Waals surface area contributed by atoms with Crippen LogP contribution in [-0.2, 0) is 6.61 Å². The molecule has 0 spiro atoms. The first-order chi connectivity index (χ1) is 13.5. The summed E-state index contributed by atoms with van der Waals surface area (Å²) in [6, 6.07) is 15.6. The molecule has 0 radical (unpaired) electrons. The van der Waals surface area contributed by atoms with Gasteiger partial charge in [0.25, 0.3) is 5.91 Å². The summed E-state index contributed by atoms with van der Waals surface area (Å²) in [5, 5.41) is 12.5. The number of halogens is 1. The summed E-state index contributed by atoms with van der Waals surface area (Å²) in [6.45, 7) is 4.60. The average molecular weight is 400 g/mol. The SMILES string of the molecule is CC(C)COc1ccc(C(=O)Nc2ccc(Cl)c(-c3ccc(CO)o3)c2)cc1. The van der Waals surface area contributed by atoms with Crippen LogP contribution in [0.1, 0.15) is 30.0 Å². The second-order valence-electron chi connectivity index (χ2n) is 6.80. The van der Waals surface area contributed by atoms with Crippen molar-refractivity contribution in [3.63, 3.8) is 0 Å². The fourth-order valence-electron chi connectivity index (χ4n) is 2.57. The number of hydrogen-bond donors (Lipinski definition) is 2. The van der Waals surface area contributed by atoms with Crippen LogP contribution in [0.3, 0.4) is 0 Å². The highest BCUT2D eigenvalue weighted by molar-refractivity contribution is 6.33. The number of furan rings is 1. The Kier molecular flexibility index (Phi) is 6.39. The van der Waals surface area contributed by atoms with E-state index in [0.717, 1.165) is 5.75 Å². The van der Waals surface area contributed by atoms with Gasteiger partial charge in [0.15, 0.2) is 0 Å². The van der Waals surface area contributed by atoms with E-state index in [4.69, 9.17) is 25.9 Å². The molecule has 0 aliphatic carbocycles. The molecule has 146 valence electrons. The van der Waals surface area contributed by atoms with Crippen LogP contribution in [0.4, 0.5) is 5.69 Å². The molecule has 3 aromatic rings. The summed E-state index contributed by atoms with van der Waals surface area (Å²) in [4.78, 5) is 12.5. The zero-order valence-electron chi connectivity index (χ0n) is 15.7. The molecular weight excluding hydrogens is 378 g/mol. The first kappa shape index (κ1) is 20.0. The number of carbonyl (C=O) groups is 1. The number of rotatable bonds is 7. The highest BCUT2D eigenvalue weighted by Gasteiger charge is 2.12. The van der Waals surface area contributed by atoms with Gasteiger partial charge in [0.1, 0.15) is 23.9 Å². The normalized spacial score (nSPS) is 10.9. The summed E-state index contributed by atoms with van der Waals surface area (Å²) in [6.07, 6.45) is 0. The van der Waals surface area contributed by atoms with Crippen molar-refractivity contribution in [2.24, 2.45) is 5.92 Å². The van der Waals surface area contributed by atoms with Crippen molar-refractivity contribution in [1.29, 1.82) is 0 Å². The molecule has 3 rings (SSSR count). The van der Waals surface area contributed by atoms with Crippen molar-refractivity contribution < 1.29 is 19.1 Å². The minimum absolute atomic E-state index is 0.190. The number of amides is 1. The standard InChI is InChI=1S/C22H22ClNO4/c1-14(2)13-27-17-6-3-15(4-7-17)22(26)24-16-5-9-20(23)19(11-16)21-10-8-18(12-25)28-21/h3-11,14,25H,12-13H2,1-2H3,(H,24,26). The quantitative estimate of drug-likeness (QED) is 0.559. The van der Waals surface area contributed by atoms with E-state index < -0.39 is 0 Å². The predicted octanol–water partition coefficient (Wildman–Crippen LogP) is 5.38. The van der Waals surface area contributed by atoms with Crippen LogP contribution < -0.4 is 10.1 Å². The number of ether oxygens (including phenoxy) is 1. The van der Waals surface area contributed by atoms with E-state index >= 15 is 0 Å². The fraction of sp³-hybridized carbons (Fsp3) is 0.227. The maximum Gasteiger partial charge on any atom is 0.255 e. The van der Waals surface area contributed by atoms with Gasteiger partial charge < -0.3 is 19.6 Å². The van der Waals surface area contributed by atoms with Gasteiger partial charge in [-0.3, -0.25) is 4.79 Å². The van der Waals surface area contributed by atoms with Crippen LogP contribution in [0.2, 0.25) is 5.02 Å². The van der Waals surface area contributed by atoms with Gasteiger partial charge in [0.05, 0.1) is 11.6 Å². The summed E-state index contributed by atoms with van der Waals surface area (Å²) >= 11 is 6.26. The van der Waals surface area contributed by atoms with Crippen LogP contribution in [-0.4, -0.2) is 17.6 Å². The van der Waals surface area contributed by atoms with E-state index in [1.165, 1.54) is 0 Å². The van der Waals surface area contributed by atoms with Crippen molar-refractivity contribution in [2.45, 2.75) is 20.5 Å². The number of aliphatic hydroxyl groups excluding tert-OH is 1. The van der Waals surface area contributed by atoms with Gasteiger partial charge in [-0.2, -0.15) is 0 Å². The van der Waals surface area contributed by atoms with E-state index in [-0.39, 0.29) is 12.5 Å². The molecule has 0 aliphatic rings. The van der Waals surface area contributed by atoms with Crippen molar-refractivity contribution >= 4 is 23.2 Å². The van der Waals surface area contributed by atoms with Gasteiger partial charge in [0.2, 0.25) is 0 Å². The Bertz CT molecular complexity index is 947. The molecule has 0 aliphatic heterocycles. The Morgan fingerprint density at radius 2 is 1.89 bits per heavy atom. The maximum absolute atomic E-state index is 12.5. The molecule has 1 amide bonds. The number of aliphatic hydroxyl groups is 1. The van der Waals surface area contributed by atoms with Crippen LogP contribution in [0.15, 0.2) is 59.0 Å². The lowest BCUT2D eigenvalue weighted by Crippen LogP contribution is -2.12. The number of nitrogens with one attached hydrogen (secondary N) is 1. The number of hydrogen-bond acceptors (Lipinski definition) is 4. The van der Waals surface area contributed by atoms with Gasteiger partial charge in [0, 0.05) is 16.8 Å². The van der Waals surface area contributed by atoms with Crippen molar-refractivity contribution in [2.75, 3.05) is 11.9 Å². The molecule has 2 N–H and O–H groups in total. The molecule has 5 nitrogen and oxygen atoms in total. The highest BCUT2D eigenvalue weighted by atomic mass is 35.5. The van der Waals surface area contributed by atoms with Gasteiger partial charge >= 0.3 is 0 Å². The van der Waals surface area contributed by atoms with E-state index in [0.29, 0.717) is 45.9 Å². The topological polar surface area (TPSA) is 71.7 Å². The Hall–Kier alpha value is -2.76. The van der Waals surface area contributed by atoms with Crippen LogP contribution in [0.5, 0.6) is 5.75 Å². The molecule has 0 atom stereocenters. The van der Waals surface area contributed by atoms with Crippen LogP contribution >= 0.6 is 11.6 Å². The van der Waals surface area contributed by atoms with Gasteiger partial charge in [-0.15, -0.1) is 0 Å². The van der Waals surface area contributed by atoms with Gasteiger partial charge in [-0.25, -0.2) is 0 Å². The third-order valence-corrected chi connectivity index (χ3v) is 4.34. The number of anilines is 1. The Morgan fingerprint density at radius 3 is 2.54 bits per heavy atom. The first-order valence-corrected chi connectivity index (χ1v) is 9.37. The second-order valence-corrected chi connectivity index (χ2v) is 7.21. The number of carbonyl (C=O) groups excluding carboxylic acids is 1. The van der Waals surface area contributed by atoms with Crippen LogP contribution in [0, 0.1) is 5.92 Å². The number of benzene rings is 2. The highest BCUT2D eigenvalue weighted by Crippen LogP contribution is 2.32.